The molecule has 0 unspecified atom stereocenters. The summed E-state index contributed by atoms with van der Waals surface area (Å²) in [6, 6.07) is 15.0. The van der Waals surface area contributed by atoms with E-state index in [1.807, 2.05) is 26.0 Å². The smallest absolute Gasteiger partial charge is 0.225 e. The van der Waals surface area contributed by atoms with E-state index < -0.39 is 5.41 Å². The molecule has 0 radical (unpaired) electrons. The molecule has 4 rings (SSSR count). The summed E-state index contributed by atoms with van der Waals surface area (Å²) in [6.45, 7) is 9.80. The van der Waals surface area contributed by atoms with E-state index in [0.29, 0.717) is 33.0 Å². The fourth-order valence-electron chi connectivity index (χ4n) is 6.14. The molecule has 9 heteroatoms. The van der Waals surface area contributed by atoms with E-state index >= 15 is 0 Å². The van der Waals surface area contributed by atoms with Gasteiger partial charge < -0.3 is 39.2 Å². The third-order valence-electron chi connectivity index (χ3n) is 8.49. The molecular formula is C34H51N3O6. The topological polar surface area (TPSA) is 90.5 Å². The second-order valence-corrected chi connectivity index (χ2v) is 12.2. The van der Waals surface area contributed by atoms with Gasteiger partial charge in [-0.05, 0) is 54.7 Å². The molecule has 0 bridgehead atoms. The van der Waals surface area contributed by atoms with Gasteiger partial charge in [0.2, 0.25) is 5.91 Å². The van der Waals surface area contributed by atoms with Crippen molar-refractivity contribution in [1.82, 2.24) is 10.6 Å². The summed E-state index contributed by atoms with van der Waals surface area (Å²) in [5, 5.41) is 6.52. The number of hydrogen-bond acceptors (Lipinski definition) is 8. The van der Waals surface area contributed by atoms with Crippen LogP contribution >= 0.6 is 0 Å². The van der Waals surface area contributed by atoms with Gasteiger partial charge in [0.25, 0.3) is 0 Å². The first-order chi connectivity index (χ1) is 20.8. The number of nitrogens with zero attached hydrogens (tertiary/aromatic N) is 1. The standard InChI is InChI=1S/C34H51N3O6/c1-34(2,33(38)35-3)22-27-21-29(26-9-11-28(12-10-26)41-18-7-17-40-5)32(23-36-27)43-24-25-8-13-31-30(20-25)37(15-19-42-31)14-6-16-39-4/h8-13,20,27,29,32,36H,6-7,14-19,21-24H2,1-5H3,(H,35,38)/t27-,29+,32-/m0/s1. The van der Waals surface area contributed by atoms with Crippen molar-refractivity contribution in [2.75, 3.05) is 72.2 Å². The Kier molecular flexibility index (Phi) is 12.5. The van der Waals surface area contributed by atoms with Crippen LogP contribution in [0.4, 0.5) is 5.69 Å². The Hall–Kier alpha value is -2.85. The van der Waals surface area contributed by atoms with Crippen LogP contribution in [0.5, 0.6) is 11.5 Å². The van der Waals surface area contributed by atoms with E-state index in [4.69, 9.17) is 23.7 Å². The molecule has 1 fully saturated rings. The highest BCUT2D eigenvalue weighted by atomic mass is 16.5. The number of anilines is 1. The molecule has 0 aliphatic carbocycles. The minimum Gasteiger partial charge on any atom is -0.494 e. The fourth-order valence-corrected chi connectivity index (χ4v) is 6.14. The van der Waals surface area contributed by atoms with Crippen molar-refractivity contribution in [3.8, 4) is 11.5 Å². The molecule has 0 saturated carbocycles. The summed E-state index contributed by atoms with van der Waals surface area (Å²) in [5.41, 5.74) is 3.01. The number of benzene rings is 2. The lowest BCUT2D eigenvalue weighted by Crippen LogP contribution is -2.50. The second-order valence-electron chi connectivity index (χ2n) is 12.2. The van der Waals surface area contributed by atoms with Gasteiger partial charge in [0.05, 0.1) is 31.5 Å². The predicted octanol–water partition coefficient (Wildman–Crippen LogP) is 4.53. The third kappa shape index (κ3) is 9.32. The van der Waals surface area contributed by atoms with Crippen molar-refractivity contribution in [2.45, 2.75) is 64.2 Å². The lowest BCUT2D eigenvalue weighted by molar-refractivity contribution is -0.129. The quantitative estimate of drug-likeness (QED) is 0.273. The van der Waals surface area contributed by atoms with Crippen LogP contribution in [0.2, 0.25) is 0 Å². The summed E-state index contributed by atoms with van der Waals surface area (Å²) < 4.78 is 28.9. The summed E-state index contributed by atoms with van der Waals surface area (Å²) in [4.78, 5) is 14.9. The molecule has 3 atom stereocenters. The maximum atomic E-state index is 12.5. The Morgan fingerprint density at radius 3 is 2.58 bits per heavy atom. The Bertz CT molecular complexity index is 1140. The van der Waals surface area contributed by atoms with E-state index in [9.17, 15) is 4.79 Å². The van der Waals surface area contributed by atoms with Crippen molar-refractivity contribution in [2.24, 2.45) is 5.41 Å². The molecule has 0 spiro atoms. The monoisotopic (exact) mass is 597 g/mol. The van der Waals surface area contributed by atoms with Crippen LogP contribution in [-0.2, 0) is 25.6 Å². The summed E-state index contributed by atoms with van der Waals surface area (Å²) in [7, 11) is 5.15. The largest absolute Gasteiger partial charge is 0.494 e. The number of carbonyl (C=O) groups is 1. The number of carbonyl (C=O) groups excluding carboxylic acids is 1. The molecule has 1 saturated heterocycles. The number of rotatable bonds is 16. The minimum absolute atomic E-state index is 0.0158. The zero-order valence-electron chi connectivity index (χ0n) is 26.7. The Labute approximate surface area is 257 Å². The van der Waals surface area contributed by atoms with E-state index in [-0.39, 0.29) is 24.0 Å². The molecule has 0 aromatic heterocycles. The van der Waals surface area contributed by atoms with E-state index in [1.54, 1.807) is 21.3 Å². The SMILES string of the molecule is CNC(=O)C(C)(C)C[C@@H]1C[C@H](c2ccc(OCCCOC)cc2)[C@@H](OCc2ccc3c(c2)N(CCCOC)CCO3)CN1. The Balaban J connectivity index is 1.46. The first-order valence-corrected chi connectivity index (χ1v) is 15.6. The molecule has 2 aliphatic heterocycles. The zero-order valence-corrected chi connectivity index (χ0v) is 26.7. The molecule has 2 aromatic carbocycles. The molecule has 238 valence electrons. The molecule has 2 aromatic rings. The second kappa shape index (κ2) is 16.3. The summed E-state index contributed by atoms with van der Waals surface area (Å²) >= 11 is 0. The van der Waals surface area contributed by atoms with Crippen molar-refractivity contribution in [3.63, 3.8) is 0 Å². The minimum atomic E-state index is -0.467. The van der Waals surface area contributed by atoms with Gasteiger partial charge in [-0.3, -0.25) is 4.79 Å². The lowest BCUT2D eigenvalue weighted by Gasteiger charge is -2.40. The molecule has 43 heavy (non-hydrogen) atoms. The van der Waals surface area contributed by atoms with Crippen LogP contribution in [0.3, 0.4) is 0 Å². The van der Waals surface area contributed by atoms with Crippen molar-refractivity contribution < 1.29 is 28.5 Å². The van der Waals surface area contributed by atoms with Gasteiger partial charge in [-0.2, -0.15) is 0 Å². The van der Waals surface area contributed by atoms with Crippen LogP contribution in [0.25, 0.3) is 0 Å². The number of piperidine rings is 1. The molecule has 2 heterocycles. The number of amides is 1. The number of fused-ring (bicyclic) bond motifs is 1. The van der Waals surface area contributed by atoms with Crippen LogP contribution in [0, 0.1) is 5.41 Å². The van der Waals surface area contributed by atoms with E-state index in [0.717, 1.165) is 68.1 Å². The molecular weight excluding hydrogens is 546 g/mol. The molecule has 2 aliphatic rings. The number of methoxy groups -OCH3 is 2. The molecule has 1 amide bonds. The average Bonchev–Trinajstić information content (AvgIpc) is 3.02. The number of nitrogens with one attached hydrogen (secondary N) is 2. The third-order valence-corrected chi connectivity index (χ3v) is 8.49. The maximum Gasteiger partial charge on any atom is 0.225 e. The van der Waals surface area contributed by atoms with Crippen LogP contribution < -0.4 is 25.0 Å². The fraction of sp³-hybridized carbons (Fsp3) is 0.618. The van der Waals surface area contributed by atoms with Gasteiger partial charge in [0, 0.05) is 71.4 Å². The average molecular weight is 598 g/mol. The van der Waals surface area contributed by atoms with Gasteiger partial charge >= 0.3 is 0 Å². The zero-order chi connectivity index (χ0) is 30.7. The Morgan fingerprint density at radius 2 is 1.84 bits per heavy atom. The van der Waals surface area contributed by atoms with Crippen molar-refractivity contribution >= 4 is 11.6 Å². The van der Waals surface area contributed by atoms with Crippen LogP contribution in [0.15, 0.2) is 42.5 Å². The van der Waals surface area contributed by atoms with E-state index in [2.05, 4.69) is 45.9 Å². The lowest BCUT2D eigenvalue weighted by atomic mass is 9.77. The highest BCUT2D eigenvalue weighted by Gasteiger charge is 2.37. The first-order valence-electron chi connectivity index (χ1n) is 15.6. The van der Waals surface area contributed by atoms with Crippen molar-refractivity contribution in [1.29, 1.82) is 0 Å². The Morgan fingerprint density at radius 1 is 1.07 bits per heavy atom. The normalized spacial score (nSPS) is 20.3. The van der Waals surface area contributed by atoms with Crippen LogP contribution in [-0.4, -0.2) is 85.4 Å². The van der Waals surface area contributed by atoms with Gasteiger partial charge in [0.15, 0.2) is 0 Å². The van der Waals surface area contributed by atoms with Gasteiger partial charge in [0.1, 0.15) is 18.1 Å². The predicted molar refractivity (Wildman–Crippen MR) is 169 cm³/mol. The van der Waals surface area contributed by atoms with Gasteiger partial charge in [-0.15, -0.1) is 0 Å². The highest BCUT2D eigenvalue weighted by molar-refractivity contribution is 5.81. The first kappa shape index (κ1) is 33.1. The van der Waals surface area contributed by atoms with Crippen LogP contribution in [0.1, 0.15) is 56.6 Å². The summed E-state index contributed by atoms with van der Waals surface area (Å²) in [6.07, 6.45) is 3.44. The molecule has 2 N–H and O–H groups in total. The highest BCUT2D eigenvalue weighted by Crippen LogP contribution is 2.37. The number of hydrogen-bond donors (Lipinski definition) is 2. The number of ether oxygens (including phenoxy) is 5. The van der Waals surface area contributed by atoms with E-state index in [1.165, 1.54) is 5.56 Å². The van der Waals surface area contributed by atoms with Crippen molar-refractivity contribution in [3.05, 3.63) is 53.6 Å². The van der Waals surface area contributed by atoms with Gasteiger partial charge in [-0.1, -0.05) is 32.0 Å². The van der Waals surface area contributed by atoms with Gasteiger partial charge in [-0.25, -0.2) is 0 Å². The molecule has 9 nitrogen and oxygen atoms in total. The maximum absolute atomic E-state index is 12.5. The summed E-state index contributed by atoms with van der Waals surface area (Å²) in [5.74, 6) is 2.03.